The van der Waals surface area contributed by atoms with Crippen molar-refractivity contribution in [1.29, 1.82) is 0 Å². The lowest BCUT2D eigenvalue weighted by atomic mass is 10.2. The van der Waals surface area contributed by atoms with Crippen molar-refractivity contribution in [2.45, 2.75) is 6.54 Å². The van der Waals surface area contributed by atoms with Gasteiger partial charge in [-0.2, -0.15) is 0 Å². The summed E-state index contributed by atoms with van der Waals surface area (Å²) in [6, 6.07) is 14.8. The molecule has 5 heteroatoms. The minimum Gasteiger partial charge on any atom is -0.378 e. The number of hydrogen-bond donors (Lipinski definition) is 3. The van der Waals surface area contributed by atoms with Crippen LogP contribution in [0.3, 0.4) is 0 Å². The Hall–Kier alpha value is -2.53. The van der Waals surface area contributed by atoms with E-state index in [1.807, 2.05) is 67.5 Å². The summed E-state index contributed by atoms with van der Waals surface area (Å²) >= 11 is 0. The molecule has 0 fully saturated rings. The van der Waals surface area contributed by atoms with Gasteiger partial charge < -0.3 is 21.3 Å². The van der Waals surface area contributed by atoms with Gasteiger partial charge in [0.15, 0.2) is 0 Å². The molecule has 4 N–H and O–H groups in total. The summed E-state index contributed by atoms with van der Waals surface area (Å²) in [5.41, 5.74) is 9.10. The van der Waals surface area contributed by atoms with Gasteiger partial charge >= 0.3 is 6.03 Å². The molecule has 0 saturated carbocycles. The highest BCUT2D eigenvalue weighted by Gasteiger charge is 2.03. The van der Waals surface area contributed by atoms with E-state index in [0.29, 0.717) is 6.54 Å². The minimum atomic E-state index is -0.276. The number of nitrogens with zero attached hydrogens (tertiary/aromatic N) is 1. The number of amides is 2. The molecule has 0 aromatic heterocycles. The highest BCUT2D eigenvalue weighted by molar-refractivity contribution is 5.99. The molecule has 2 rings (SSSR count). The lowest BCUT2D eigenvalue weighted by Gasteiger charge is -2.13. The first-order chi connectivity index (χ1) is 10.1. The molecule has 21 heavy (non-hydrogen) atoms. The van der Waals surface area contributed by atoms with Crippen LogP contribution in [-0.4, -0.2) is 20.1 Å². The van der Waals surface area contributed by atoms with E-state index in [4.69, 9.17) is 5.73 Å². The molecule has 0 atom stereocenters. The maximum Gasteiger partial charge on any atom is 0.323 e. The largest absolute Gasteiger partial charge is 0.378 e. The molecule has 0 heterocycles. The van der Waals surface area contributed by atoms with Crippen LogP contribution < -0.4 is 21.3 Å². The van der Waals surface area contributed by atoms with E-state index in [2.05, 4.69) is 10.6 Å². The van der Waals surface area contributed by atoms with Crippen molar-refractivity contribution in [2.75, 3.05) is 29.6 Å². The Morgan fingerprint density at radius 1 is 1.05 bits per heavy atom. The van der Waals surface area contributed by atoms with E-state index in [1.54, 1.807) is 0 Å². The second-order valence-electron chi connectivity index (χ2n) is 4.92. The zero-order valence-corrected chi connectivity index (χ0v) is 12.3. The summed E-state index contributed by atoms with van der Waals surface area (Å²) in [7, 11) is 3.94. The fourth-order valence-corrected chi connectivity index (χ4v) is 1.91. The molecule has 110 valence electrons. The Labute approximate surface area is 124 Å². The Kier molecular flexibility index (Phi) is 4.79. The Morgan fingerprint density at radius 3 is 2.33 bits per heavy atom. The van der Waals surface area contributed by atoms with Crippen molar-refractivity contribution < 1.29 is 4.79 Å². The number of carbonyl (C=O) groups is 1. The number of nitrogens with one attached hydrogen (secondary N) is 2. The number of nitrogens with two attached hydrogens (primary N) is 1. The number of benzene rings is 2. The van der Waals surface area contributed by atoms with Gasteiger partial charge in [0, 0.05) is 37.7 Å². The second-order valence-corrected chi connectivity index (χ2v) is 4.92. The summed E-state index contributed by atoms with van der Waals surface area (Å²) < 4.78 is 0. The van der Waals surface area contributed by atoms with Crippen molar-refractivity contribution in [3.63, 3.8) is 0 Å². The van der Waals surface area contributed by atoms with Crippen molar-refractivity contribution in [3.8, 4) is 0 Å². The van der Waals surface area contributed by atoms with Crippen LogP contribution in [0.1, 0.15) is 5.56 Å². The Bertz CT molecular complexity index is 608. The van der Waals surface area contributed by atoms with E-state index in [-0.39, 0.29) is 6.03 Å². The Balaban J connectivity index is 1.97. The summed E-state index contributed by atoms with van der Waals surface area (Å²) in [6.07, 6.45) is 0. The lowest BCUT2D eigenvalue weighted by molar-refractivity contribution is 0.262. The molecule has 5 nitrogen and oxygen atoms in total. The van der Waals surface area contributed by atoms with Crippen LogP contribution in [0.25, 0.3) is 0 Å². The average Bonchev–Trinajstić information content (AvgIpc) is 2.47. The van der Waals surface area contributed by atoms with Gasteiger partial charge in [0.25, 0.3) is 0 Å². The van der Waals surface area contributed by atoms with Gasteiger partial charge in [-0.15, -0.1) is 0 Å². The molecule has 0 aliphatic rings. The second kappa shape index (κ2) is 6.76. The van der Waals surface area contributed by atoms with Crippen LogP contribution in [-0.2, 0) is 6.54 Å². The van der Waals surface area contributed by atoms with Crippen LogP contribution in [0.4, 0.5) is 21.9 Å². The van der Waals surface area contributed by atoms with Gasteiger partial charge in [0.1, 0.15) is 0 Å². The number of urea groups is 1. The quantitative estimate of drug-likeness (QED) is 0.808. The van der Waals surface area contributed by atoms with Crippen molar-refractivity contribution in [2.24, 2.45) is 5.73 Å². The molecule has 0 radical (unpaired) electrons. The normalized spacial score (nSPS) is 10.0. The molecule has 0 spiro atoms. The van der Waals surface area contributed by atoms with E-state index < -0.39 is 0 Å². The van der Waals surface area contributed by atoms with Gasteiger partial charge in [-0.05, 0) is 42.0 Å². The molecular formula is C16H20N4O. The van der Waals surface area contributed by atoms with E-state index >= 15 is 0 Å². The number of rotatable bonds is 4. The van der Waals surface area contributed by atoms with Crippen LogP contribution >= 0.6 is 0 Å². The maximum atomic E-state index is 11.9. The number of carbonyl (C=O) groups excluding carboxylic acids is 1. The van der Waals surface area contributed by atoms with E-state index in [9.17, 15) is 4.79 Å². The van der Waals surface area contributed by atoms with Crippen LogP contribution in [0.5, 0.6) is 0 Å². The van der Waals surface area contributed by atoms with Crippen LogP contribution in [0.15, 0.2) is 48.5 Å². The zero-order chi connectivity index (χ0) is 15.2. The molecule has 0 bridgehead atoms. The smallest absolute Gasteiger partial charge is 0.323 e. The molecule has 0 aliphatic heterocycles. The van der Waals surface area contributed by atoms with Crippen molar-refractivity contribution >= 4 is 23.1 Å². The minimum absolute atomic E-state index is 0.276. The SMILES string of the molecule is CN(C)c1ccc(NC(=O)Nc2cccc(CN)c2)cc1. The molecule has 2 aromatic carbocycles. The monoisotopic (exact) mass is 284 g/mol. The third kappa shape index (κ3) is 4.22. The molecule has 0 unspecified atom stereocenters. The maximum absolute atomic E-state index is 11.9. The first-order valence-electron chi connectivity index (χ1n) is 6.73. The van der Waals surface area contributed by atoms with Gasteiger partial charge in [-0.3, -0.25) is 0 Å². The van der Waals surface area contributed by atoms with E-state index in [1.165, 1.54) is 0 Å². The molecule has 0 aliphatic carbocycles. The average molecular weight is 284 g/mol. The summed E-state index contributed by atoms with van der Waals surface area (Å²) in [5.74, 6) is 0. The molecular weight excluding hydrogens is 264 g/mol. The predicted octanol–water partition coefficient (Wildman–Crippen LogP) is 2.86. The van der Waals surface area contributed by atoms with E-state index in [0.717, 1.165) is 22.6 Å². The lowest BCUT2D eigenvalue weighted by Crippen LogP contribution is -2.19. The number of hydrogen-bond acceptors (Lipinski definition) is 3. The first-order valence-corrected chi connectivity index (χ1v) is 6.73. The van der Waals surface area contributed by atoms with Crippen molar-refractivity contribution in [1.82, 2.24) is 0 Å². The van der Waals surface area contributed by atoms with Crippen LogP contribution in [0.2, 0.25) is 0 Å². The third-order valence-corrected chi connectivity index (χ3v) is 3.06. The van der Waals surface area contributed by atoms with Gasteiger partial charge in [0.2, 0.25) is 0 Å². The fourth-order valence-electron chi connectivity index (χ4n) is 1.91. The first kappa shape index (κ1) is 14.9. The predicted molar refractivity (Wildman–Crippen MR) is 87.7 cm³/mol. The molecule has 2 aromatic rings. The molecule has 2 amide bonds. The highest BCUT2D eigenvalue weighted by atomic mass is 16.2. The third-order valence-electron chi connectivity index (χ3n) is 3.06. The summed E-state index contributed by atoms with van der Waals surface area (Å²) in [4.78, 5) is 13.9. The van der Waals surface area contributed by atoms with Gasteiger partial charge in [-0.1, -0.05) is 12.1 Å². The zero-order valence-electron chi connectivity index (χ0n) is 12.3. The summed E-state index contributed by atoms with van der Waals surface area (Å²) in [6.45, 7) is 0.448. The van der Waals surface area contributed by atoms with Crippen molar-refractivity contribution in [3.05, 3.63) is 54.1 Å². The van der Waals surface area contributed by atoms with Gasteiger partial charge in [0.05, 0.1) is 0 Å². The summed E-state index contributed by atoms with van der Waals surface area (Å²) in [5, 5.41) is 5.58. The Morgan fingerprint density at radius 2 is 1.71 bits per heavy atom. The van der Waals surface area contributed by atoms with Gasteiger partial charge in [-0.25, -0.2) is 4.79 Å². The highest BCUT2D eigenvalue weighted by Crippen LogP contribution is 2.16. The topological polar surface area (TPSA) is 70.4 Å². The number of anilines is 3. The fraction of sp³-hybridized carbons (Fsp3) is 0.188. The van der Waals surface area contributed by atoms with Crippen LogP contribution in [0, 0.1) is 0 Å². The molecule has 0 saturated heterocycles. The standard InChI is InChI=1S/C16H20N4O/c1-20(2)15-8-6-13(7-9-15)18-16(21)19-14-5-3-4-12(10-14)11-17/h3-10H,11,17H2,1-2H3,(H2,18,19,21).